The van der Waals surface area contributed by atoms with E-state index in [1.165, 1.54) is 0 Å². The van der Waals surface area contributed by atoms with Gasteiger partial charge in [-0.25, -0.2) is 9.97 Å². The fraction of sp³-hybridized carbons (Fsp3) is 0.308. The Morgan fingerprint density at radius 2 is 1.95 bits per heavy atom. The van der Waals surface area contributed by atoms with Gasteiger partial charge in [0.15, 0.2) is 5.82 Å². The molecule has 0 fully saturated rings. The summed E-state index contributed by atoms with van der Waals surface area (Å²) in [4.78, 5) is 13.5. The molecule has 0 saturated carbocycles. The van der Waals surface area contributed by atoms with Crippen LogP contribution in [0.4, 0.5) is 5.82 Å². The minimum absolute atomic E-state index is 0.297. The first-order valence-electron chi connectivity index (χ1n) is 5.90. The summed E-state index contributed by atoms with van der Waals surface area (Å²) >= 11 is 7.03. The predicted octanol–water partition coefficient (Wildman–Crippen LogP) is 4.23. The number of anilines is 1. The van der Waals surface area contributed by atoms with Crippen LogP contribution in [0.2, 0.25) is 0 Å². The van der Waals surface area contributed by atoms with E-state index < -0.39 is 0 Å². The third-order valence-electron chi connectivity index (χ3n) is 2.63. The number of hydrogen-bond acceptors (Lipinski definition) is 4. The Hall–Kier alpha value is -1.01. The number of nitrogens with zero attached hydrogens (tertiary/aromatic N) is 3. The summed E-state index contributed by atoms with van der Waals surface area (Å²) in [7, 11) is 1.84. The lowest BCUT2D eigenvalue weighted by molar-refractivity contribution is 0.809. The van der Waals surface area contributed by atoms with Gasteiger partial charge in [0.25, 0.3) is 0 Å². The van der Waals surface area contributed by atoms with E-state index >= 15 is 0 Å². The molecule has 0 bridgehead atoms. The van der Waals surface area contributed by atoms with Crippen molar-refractivity contribution in [1.29, 1.82) is 0 Å². The van der Waals surface area contributed by atoms with E-state index in [4.69, 9.17) is 0 Å². The van der Waals surface area contributed by atoms with Crippen LogP contribution in [0, 0.1) is 0 Å². The Morgan fingerprint density at radius 3 is 2.53 bits per heavy atom. The molecular weight excluding hydrogens is 372 g/mol. The van der Waals surface area contributed by atoms with E-state index in [0.29, 0.717) is 11.7 Å². The summed E-state index contributed by atoms with van der Waals surface area (Å²) in [5.74, 6) is 1.68. The summed E-state index contributed by atoms with van der Waals surface area (Å²) in [5, 5.41) is 3.08. The summed E-state index contributed by atoms with van der Waals surface area (Å²) in [6.45, 7) is 4.20. The number of rotatable bonds is 3. The van der Waals surface area contributed by atoms with Crippen molar-refractivity contribution in [2.24, 2.45) is 0 Å². The molecule has 0 aromatic carbocycles. The van der Waals surface area contributed by atoms with Gasteiger partial charge in [0.1, 0.15) is 11.5 Å². The standard InChI is InChI=1S/C13H14Br2N4/c1-7(2)10-9(15)12(16-3)19-13(18-10)11-8(14)5-4-6-17-11/h4-7H,1-3H3,(H,16,18,19). The molecule has 0 atom stereocenters. The lowest BCUT2D eigenvalue weighted by atomic mass is 10.1. The van der Waals surface area contributed by atoms with Crippen molar-refractivity contribution in [2.45, 2.75) is 19.8 Å². The van der Waals surface area contributed by atoms with Gasteiger partial charge in [-0.05, 0) is 49.9 Å². The number of halogens is 2. The van der Waals surface area contributed by atoms with Crippen LogP contribution in [-0.4, -0.2) is 22.0 Å². The van der Waals surface area contributed by atoms with Gasteiger partial charge in [-0.15, -0.1) is 0 Å². The highest BCUT2D eigenvalue weighted by atomic mass is 79.9. The molecule has 0 spiro atoms. The van der Waals surface area contributed by atoms with Gasteiger partial charge in [0.2, 0.25) is 0 Å². The van der Waals surface area contributed by atoms with E-state index in [9.17, 15) is 0 Å². The molecule has 0 aliphatic rings. The molecule has 0 unspecified atom stereocenters. The van der Waals surface area contributed by atoms with Gasteiger partial charge in [-0.1, -0.05) is 13.8 Å². The van der Waals surface area contributed by atoms with Gasteiger partial charge in [0.05, 0.1) is 10.2 Å². The minimum Gasteiger partial charge on any atom is -0.372 e. The van der Waals surface area contributed by atoms with Crippen LogP contribution in [0.1, 0.15) is 25.5 Å². The zero-order valence-electron chi connectivity index (χ0n) is 10.9. The largest absolute Gasteiger partial charge is 0.372 e. The van der Waals surface area contributed by atoms with Crippen molar-refractivity contribution in [1.82, 2.24) is 15.0 Å². The van der Waals surface area contributed by atoms with Gasteiger partial charge in [-0.3, -0.25) is 4.98 Å². The summed E-state index contributed by atoms with van der Waals surface area (Å²) in [6.07, 6.45) is 1.74. The molecule has 19 heavy (non-hydrogen) atoms. The first-order valence-corrected chi connectivity index (χ1v) is 7.49. The van der Waals surface area contributed by atoms with Gasteiger partial charge in [-0.2, -0.15) is 0 Å². The van der Waals surface area contributed by atoms with E-state index in [2.05, 4.69) is 66.0 Å². The first kappa shape index (κ1) is 14.4. The Kier molecular flexibility index (Phi) is 4.52. The van der Waals surface area contributed by atoms with Gasteiger partial charge >= 0.3 is 0 Å². The van der Waals surface area contributed by atoms with E-state index in [1.54, 1.807) is 6.20 Å². The molecule has 0 aliphatic heterocycles. The molecule has 0 amide bonds. The summed E-state index contributed by atoms with van der Waals surface area (Å²) in [6, 6.07) is 3.80. The third kappa shape index (κ3) is 2.95. The van der Waals surface area contributed by atoms with Crippen LogP contribution >= 0.6 is 31.9 Å². The lowest BCUT2D eigenvalue weighted by Crippen LogP contribution is -2.05. The second-order valence-corrected chi connectivity index (χ2v) is 5.98. The predicted molar refractivity (Wildman–Crippen MR) is 84.3 cm³/mol. The van der Waals surface area contributed by atoms with E-state index in [0.717, 1.165) is 26.2 Å². The van der Waals surface area contributed by atoms with Crippen molar-refractivity contribution < 1.29 is 0 Å². The van der Waals surface area contributed by atoms with E-state index in [1.807, 2.05) is 19.2 Å². The zero-order chi connectivity index (χ0) is 14.0. The van der Waals surface area contributed by atoms with Gasteiger partial charge in [0, 0.05) is 17.7 Å². The van der Waals surface area contributed by atoms with E-state index in [-0.39, 0.29) is 0 Å². The topological polar surface area (TPSA) is 50.7 Å². The SMILES string of the molecule is CNc1nc(-c2ncccc2Br)nc(C(C)C)c1Br. The highest BCUT2D eigenvalue weighted by Crippen LogP contribution is 2.32. The van der Waals surface area contributed by atoms with Crippen molar-refractivity contribution in [3.63, 3.8) is 0 Å². The molecule has 2 rings (SSSR count). The maximum atomic E-state index is 4.62. The van der Waals surface area contributed by atoms with Crippen LogP contribution in [0.5, 0.6) is 0 Å². The summed E-state index contributed by atoms with van der Waals surface area (Å²) < 4.78 is 1.79. The first-order chi connectivity index (χ1) is 9.04. The monoisotopic (exact) mass is 384 g/mol. The fourth-order valence-corrected chi connectivity index (χ4v) is 2.93. The number of nitrogens with one attached hydrogen (secondary N) is 1. The average Bonchev–Trinajstić information content (AvgIpc) is 2.39. The highest BCUT2D eigenvalue weighted by Gasteiger charge is 2.16. The molecule has 2 heterocycles. The molecule has 100 valence electrons. The molecule has 0 saturated heterocycles. The van der Waals surface area contributed by atoms with Crippen LogP contribution in [-0.2, 0) is 0 Å². The Morgan fingerprint density at radius 1 is 1.21 bits per heavy atom. The van der Waals surface area contributed by atoms with Gasteiger partial charge < -0.3 is 5.32 Å². The number of pyridine rings is 1. The molecule has 2 aromatic heterocycles. The molecule has 0 radical (unpaired) electrons. The maximum Gasteiger partial charge on any atom is 0.181 e. The second-order valence-electron chi connectivity index (χ2n) is 4.33. The Labute approximate surface area is 129 Å². The smallest absolute Gasteiger partial charge is 0.181 e. The molecule has 6 heteroatoms. The Bertz CT molecular complexity index is 599. The lowest BCUT2D eigenvalue weighted by Gasteiger charge is -2.13. The third-order valence-corrected chi connectivity index (χ3v) is 4.05. The zero-order valence-corrected chi connectivity index (χ0v) is 14.1. The average molecular weight is 386 g/mol. The van der Waals surface area contributed by atoms with Crippen molar-refractivity contribution in [3.8, 4) is 11.5 Å². The fourth-order valence-electron chi connectivity index (χ4n) is 1.67. The van der Waals surface area contributed by atoms with Crippen molar-refractivity contribution in [3.05, 3.63) is 33.0 Å². The maximum absolute atomic E-state index is 4.62. The molecular formula is C13H14Br2N4. The molecule has 1 N–H and O–H groups in total. The van der Waals surface area contributed by atoms with Crippen molar-refractivity contribution in [2.75, 3.05) is 12.4 Å². The number of aromatic nitrogens is 3. The number of hydrogen-bond donors (Lipinski definition) is 1. The Balaban J connectivity index is 2.65. The van der Waals surface area contributed by atoms with Crippen molar-refractivity contribution >= 4 is 37.7 Å². The van der Waals surface area contributed by atoms with Crippen LogP contribution in [0.15, 0.2) is 27.3 Å². The minimum atomic E-state index is 0.297. The molecule has 2 aromatic rings. The summed E-state index contributed by atoms with van der Waals surface area (Å²) in [5.41, 5.74) is 1.71. The second kappa shape index (κ2) is 5.96. The molecule has 0 aliphatic carbocycles. The van der Waals surface area contributed by atoms with Crippen LogP contribution in [0.25, 0.3) is 11.5 Å². The quantitative estimate of drug-likeness (QED) is 0.858. The van der Waals surface area contributed by atoms with Crippen LogP contribution in [0.3, 0.4) is 0 Å². The van der Waals surface area contributed by atoms with Crippen LogP contribution < -0.4 is 5.32 Å². The highest BCUT2D eigenvalue weighted by molar-refractivity contribution is 9.11. The normalized spacial score (nSPS) is 10.8. The molecule has 4 nitrogen and oxygen atoms in total.